The molecule has 1 heterocycles. The van der Waals surface area contributed by atoms with Gasteiger partial charge < -0.3 is 20.4 Å². The Balaban J connectivity index is 1.53. The van der Waals surface area contributed by atoms with Gasteiger partial charge in [0.25, 0.3) is 5.91 Å². The van der Waals surface area contributed by atoms with Gasteiger partial charge in [0.2, 0.25) is 11.8 Å². The van der Waals surface area contributed by atoms with E-state index in [1.807, 2.05) is 29.2 Å². The minimum absolute atomic E-state index is 0.00680. The van der Waals surface area contributed by atoms with Crippen molar-refractivity contribution in [2.24, 2.45) is 0 Å². The molecule has 7 heteroatoms. The number of anilines is 3. The smallest absolute Gasteiger partial charge is 0.253 e. The second kappa shape index (κ2) is 9.23. The van der Waals surface area contributed by atoms with Crippen LogP contribution in [0.4, 0.5) is 17.1 Å². The molecule has 1 fully saturated rings. The van der Waals surface area contributed by atoms with E-state index in [0.717, 1.165) is 37.3 Å². The highest BCUT2D eigenvalue weighted by molar-refractivity contribution is 5.98. The number of benzene rings is 2. The van der Waals surface area contributed by atoms with E-state index in [-0.39, 0.29) is 24.3 Å². The number of nitrogens with one attached hydrogen (secondary N) is 2. The second-order valence-electron chi connectivity index (χ2n) is 7.11. The standard InChI is InChI=1S/C22H26N4O3/c1-16(27)25(2)20-10-8-18(9-11-20)23-15-21(28)24-19-7-5-6-17(14-19)22(29)26-12-3-4-13-26/h5-11,14,23H,3-4,12-13,15H2,1-2H3,(H,24,28). The molecule has 0 radical (unpaired) electrons. The maximum atomic E-state index is 12.5. The summed E-state index contributed by atoms with van der Waals surface area (Å²) in [6.07, 6.45) is 2.08. The Hall–Kier alpha value is -3.35. The molecule has 1 aliphatic rings. The van der Waals surface area contributed by atoms with Crippen molar-refractivity contribution in [3.05, 3.63) is 54.1 Å². The van der Waals surface area contributed by atoms with Gasteiger partial charge in [0.15, 0.2) is 0 Å². The van der Waals surface area contributed by atoms with Gasteiger partial charge in [-0.1, -0.05) is 6.07 Å². The SMILES string of the molecule is CC(=O)N(C)c1ccc(NCC(=O)Nc2cccc(C(=O)N3CCCC3)c2)cc1. The zero-order valence-corrected chi connectivity index (χ0v) is 16.8. The van der Waals surface area contributed by atoms with Crippen molar-refractivity contribution in [2.45, 2.75) is 19.8 Å². The van der Waals surface area contributed by atoms with Crippen molar-refractivity contribution in [2.75, 3.05) is 42.2 Å². The number of carbonyl (C=O) groups excluding carboxylic acids is 3. The second-order valence-corrected chi connectivity index (χ2v) is 7.11. The quantitative estimate of drug-likeness (QED) is 0.789. The van der Waals surface area contributed by atoms with Gasteiger partial charge in [0.1, 0.15) is 0 Å². The van der Waals surface area contributed by atoms with E-state index >= 15 is 0 Å². The Labute approximate surface area is 170 Å². The monoisotopic (exact) mass is 394 g/mol. The average Bonchev–Trinajstić information content (AvgIpc) is 3.26. The van der Waals surface area contributed by atoms with Crippen molar-refractivity contribution < 1.29 is 14.4 Å². The fourth-order valence-corrected chi connectivity index (χ4v) is 3.20. The normalized spacial score (nSPS) is 13.1. The van der Waals surface area contributed by atoms with Crippen LogP contribution in [0.3, 0.4) is 0 Å². The van der Waals surface area contributed by atoms with Crippen LogP contribution in [0.15, 0.2) is 48.5 Å². The summed E-state index contributed by atoms with van der Waals surface area (Å²) < 4.78 is 0. The van der Waals surface area contributed by atoms with Gasteiger partial charge in [-0.05, 0) is 55.3 Å². The summed E-state index contributed by atoms with van der Waals surface area (Å²) in [5.41, 5.74) is 2.74. The van der Waals surface area contributed by atoms with Crippen LogP contribution < -0.4 is 15.5 Å². The lowest BCUT2D eigenvalue weighted by atomic mass is 10.1. The minimum Gasteiger partial charge on any atom is -0.376 e. The maximum Gasteiger partial charge on any atom is 0.253 e. The predicted molar refractivity (Wildman–Crippen MR) is 114 cm³/mol. The molecule has 2 N–H and O–H groups in total. The number of hydrogen-bond donors (Lipinski definition) is 2. The Morgan fingerprint density at radius 2 is 1.69 bits per heavy atom. The molecule has 3 rings (SSSR count). The average molecular weight is 394 g/mol. The fraction of sp³-hybridized carbons (Fsp3) is 0.318. The molecule has 152 valence electrons. The van der Waals surface area contributed by atoms with E-state index in [2.05, 4.69) is 10.6 Å². The Morgan fingerprint density at radius 3 is 2.34 bits per heavy atom. The van der Waals surface area contributed by atoms with E-state index in [9.17, 15) is 14.4 Å². The first kappa shape index (κ1) is 20.4. The summed E-state index contributed by atoms with van der Waals surface area (Å²) in [5, 5.41) is 5.87. The topological polar surface area (TPSA) is 81.8 Å². The van der Waals surface area contributed by atoms with Gasteiger partial charge in [0.05, 0.1) is 6.54 Å². The molecule has 0 spiro atoms. The van der Waals surface area contributed by atoms with E-state index in [1.165, 1.54) is 6.92 Å². The summed E-state index contributed by atoms with van der Waals surface area (Å²) in [4.78, 5) is 39.5. The molecule has 0 aromatic heterocycles. The highest BCUT2D eigenvalue weighted by atomic mass is 16.2. The van der Waals surface area contributed by atoms with Gasteiger partial charge in [-0.2, -0.15) is 0 Å². The largest absolute Gasteiger partial charge is 0.376 e. The molecule has 1 aliphatic heterocycles. The molecule has 2 aromatic carbocycles. The molecule has 2 aromatic rings. The Morgan fingerprint density at radius 1 is 1.00 bits per heavy atom. The van der Waals surface area contributed by atoms with Crippen molar-refractivity contribution in [3.63, 3.8) is 0 Å². The molecule has 1 saturated heterocycles. The van der Waals surface area contributed by atoms with E-state index < -0.39 is 0 Å². The summed E-state index contributed by atoms with van der Waals surface area (Å²) in [7, 11) is 1.71. The molecule has 0 aliphatic carbocycles. The number of carbonyl (C=O) groups is 3. The molecule has 0 unspecified atom stereocenters. The molecule has 0 saturated carbocycles. The molecular formula is C22H26N4O3. The molecule has 3 amide bonds. The van der Waals surface area contributed by atoms with Crippen LogP contribution in [-0.4, -0.2) is 49.3 Å². The van der Waals surface area contributed by atoms with Crippen molar-refractivity contribution in [1.29, 1.82) is 0 Å². The van der Waals surface area contributed by atoms with Crippen LogP contribution in [0, 0.1) is 0 Å². The van der Waals surface area contributed by atoms with Crippen LogP contribution in [0.2, 0.25) is 0 Å². The van der Waals surface area contributed by atoms with Gasteiger partial charge in [-0.25, -0.2) is 0 Å². The number of likely N-dealkylation sites (tertiary alicyclic amines) is 1. The summed E-state index contributed by atoms with van der Waals surface area (Å²) in [6, 6.07) is 14.3. The first-order chi connectivity index (χ1) is 13.9. The minimum atomic E-state index is -0.208. The van der Waals surface area contributed by atoms with Crippen LogP contribution in [0.25, 0.3) is 0 Å². The number of hydrogen-bond acceptors (Lipinski definition) is 4. The Kier molecular flexibility index (Phi) is 6.49. The highest BCUT2D eigenvalue weighted by Gasteiger charge is 2.19. The highest BCUT2D eigenvalue weighted by Crippen LogP contribution is 2.18. The first-order valence-electron chi connectivity index (χ1n) is 9.71. The molecule has 0 bridgehead atoms. The molecule has 0 atom stereocenters. The van der Waals surface area contributed by atoms with Crippen LogP contribution in [0.1, 0.15) is 30.1 Å². The third-order valence-corrected chi connectivity index (χ3v) is 4.97. The van der Waals surface area contributed by atoms with Crippen molar-refractivity contribution >= 4 is 34.8 Å². The third kappa shape index (κ3) is 5.34. The zero-order valence-electron chi connectivity index (χ0n) is 16.8. The van der Waals surface area contributed by atoms with Crippen molar-refractivity contribution in [3.8, 4) is 0 Å². The third-order valence-electron chi connectivity index (χ3n) is 4.97. The van der Waals surface area contributed by atoms with E-state index in [4.69, 9.17) is 0 Å². The van der Waals surface area contributed by atoms with Gasteiger partial charge in [0, 0.05) is 49.7 Å². The molecule has 7 nitrogen and oxygen atoms in total. The number of nitrogens with zero attached hydrogens (tertiary/aromatic N) is 2. The molecular weight excluding hydrogens is 368 g/mol. The van der Waals surface area contributed by atoms with Crippen molar-refractivity contribution in [1.82, 2.24) is 4.90 Å². The summed E-state index contributed by atoms with van der Waals surface area (Å²) in [6.45, 7) is 3.18. The van der Waals surface area contributed by atoms with Gasteiger partial charge >= 0.3 is 0 Å². The predicted octanol–water partition coefficient (Wildman–Crippen LogP) is 2.96. The lowest BCUT2D eigenvalue weighted by Gasteiger charge is -2.16. The van der Waals surface area contributed by atoms with E-state index in [0.29, 0.717) is 11.3 Å². The zero-order chi connectivity index (χ0) is 20.8. The number of amides is 3. The number of rotatable bonds is 6. The summed E-state index contributed by atoms with van der Waals surface area (Å²) >= 11 is 0. The molecule has 29 heavy (non-hydrogen) atoms. The van der Waals surface area contributed by atoms with Crippen LogP contribution >= 0.6 is 0 Å². The van der Waals surface area contributed by atoms with Crippen LogP contribution in [-0.2, 0) is 9.59 Å². The maximum absolute atomic E-state index is 12.5. The first-order valence-corrected chi connectivity index (χ1v) is 9.71. The fourth-order valence-electron chi connectivity index (χ4n) is 3.20. The van der Waals surface area contributed by atoms with E-state index in [1.54, 1.807) is 36.2 Å². The lowest BCUT2D eigenvalue weighted by molar-refractivity contribution is -0.116. The van der Waals surface area contributed by atoms with Gasteiger partial charge in [-0.3, -0.25) is 14.4 Å². The van der Waals surface area contributed by atoms with Crippen LogP contribution in [0.5, 0.6) is 0 Å². The Bertz CT molecular complexity index is 889. The van der Waals surface area contributed by atoms with Gasteiger partial charge in [-0.15, -0.1) is 0 Å². The lowest BCUT2D eigenvalue weighted by Crippen LogP contribution is -2.27. The summed E-state index contributed by atoms with van der Waals surface area (Å²) in [5.74, 6) is -0.247.